The number of carbonyl (C=O) groups excluding carboxylic acids is 4. The van der Waals surface area contributed by atoms with Crippen molar-refractivity contribution < 1.29 is 38.5 Å². The lowest BCUT2D eigenvalue weighted by Gasteiger charge is -2.40. The van der Waals surface area contributed by atoms with Gasteiger partial charge in [-0.2, -0.15) is 0 Å². The van der Waals surface area contributed by atoms with Crippen molar-refractivity contribution in [3.63, 3.8) is 0 Å². The number of nitrogens with zero attached hydrogens (tertiary/aromatic N) is 2. The van der Waals surface area contributed by atoms with Crippen molar-refractivity contribution in [1.82, 2.24) is 10.2 Å². The normalized spacial score (nSPS) is 31.2. The van der Waals surface area contributed by atoms with Gasteiger partial charge in [-0.15, -0.1) is 0 Å². The van der Waals surface area contributed by atoms with Crippen molar-refractivity contribution >= 4 is 29.4 Å². The van der Waals surface area contributed by atoms with Gasteiger partial charge in [0.05, 0.1) is 37.3 Å². The number of fused-ring (bicyclic) bond motifs is 2. The molecule has 0 aliphatic carbocycles. The van der Waals surface area contributed by atoms with E-state index in [1.165, 1.54) is 12.0 Å². The van der Waals surface area contributed by atoms with E-state index in [2.05, 4.69) is 5.32 Å². The molecule has 2 fully saturated rings. The summed E-state index contributed by atoms with van der Waals surface area (Å²) in [4.78, 5) is 60.7. The molecule has 0 unspecified atom stereocenters. The SMILES string of the molecule is COC[C@H]1NC(=O)CC/C=C\[C@H]2O[C@]34C=CCN(c5cc(C)ccc5C)C(=O)[C@H]3N([C@@H](CO)C(C)C)C(=O)[C@@H]4[C@H]2C(=O)O[C@@H]1c1ccccc1. The first-order valence-corrected chi connectivity index (χ1v) is 17.4. The number of anilines is 1. The number of esters is 1. The molecule has 11 nitrogen and oxygen atoms in total. The summed E-state index contributed by atoms with van der Waals surface area (Å²) in [6.45, 7) is 7.58. The Labute approximate surface area is 293 Å². The van der Waals surface area contributed by atoms with E-state index in [0.717, 1.165) is 11.1 Å². The number of methoxy groups -OCH3 is 1. The predicted molar refractivity (Wildman–Crippen MR) is 186 cm³/mol. The fourth-order valence-corrected chi connectivity index (χ4v) is 8.03. The topological polar surface area (TPSA) is 135 Å². The zero-order valence-electron chi connectivity index (χ0n) is 29.3. The number of aryl methyl sites for hydroxylation is 2. The lowest BCUT2D eigenvalue weighted by Crippen LogP contribution is -2.59. The van der Waals surface area contributed by atoms with Crippen LogP contribution in [0.4, 0.5) is 5.69 Å². The zero-order chi connectivity index (χ0) is 35.7. The molecule has 266 valence electrons. The largest absolute Gasteiger partial charge is 0.455 e. The van der Waals surface area contributed by atoms with Crippen LogP contribution in [-0.4, -0.2) is 90.4 Å². The standard InChI is InChI=1S/C39H47N3O8/c1-23(2)29(21-43)42-35-37(46)41(28-20-24(3)16-17-25(28)4)19-11-18-39(35)33(36(42)45)32-30(50-39)14-9-10-15-31(44)40-27(22-48-5)34(49-38(32)47)26-12-7-6-8-13-26/h6-9,11-14,16-18,20,23,27,29-30,32-35,43H,10,15,19,21-22H2,1-5H3,(H,40,44)/b14-9-/t27-,29+,30-,32+,33+,34-,35-,39+/m1/s1. The number of cyclic esters (lactones) is 1. The van der Waals surface area contributed by atoms with Crippen molar-refractivity contribution in [3.05, 3.63) is 89.5 Å². The van der Waals surface area contributed by atoms with Gasteiger partial charge < -0.3 is 34.4 Å². The Morgan fingerprint density at radius 2 is 1.80 bits per heavy atom. The summed E-state index contributed by atoms with van der Waals surface area (Å²) in [6, 6.07) is 12.4. The van der Waals surface area contributed by atoms with Crippen LogP contribution in [0.3, 0.4) is 0 Å². The summed E-state index contributed by atoms with van der Waals surface area (Å²) >= 11 is 0. The maximum Gasteiger partial charge on any atom is 0.313 e. The van der Waals surface area contributed by atoms with Gasteiger partial charge in [-0.3, -0.25) is 19.2 Å². The van der Waals surface area contributed by atoms with Gasteiger partial charge in [0.1, 0.15) is 23.7 Å². The Bertz CT molecular complexity index is 1670. The maximum absolute atomic E-state index is 15.0. The van der Waals surface area contributed by atoms with Crippen molar-refractivity contribution in [2.45, 2.75) is 76.5 Å². The molecule has 6 rings (SSSR count). The highest BCUT2D eigenvalue weighted by molar-refractivity contribution is 6.06. The first kappa shape index (κ1) is 35.5. The molecular formula is C39H47N3O8. The molecule has 11 heteroatoms. The second-order valence-electron chi connectivity index (χ2n) is 14.1. The Hall–Kier alpha value is -4.32. The zero-order valence-corrected chi connectivity index (χ0v) is 29.3. The van der Waals surface area contributed by atoms with E-state index in [0.29, 0.717) is 17.7 Å². The van der Waals surface area contributed by atoms with Gasteiger partial charge in [0.15, 0.2) is 0 Å². The van der Waals surface area contributed by atoms with Crippen molar-refractivity contribution in [1.29, 1.82) is 0 Å². The third kappa shape index (κ3) is 6.27. The molecule has 2 aromatic rings. The average molecular weight is 686 g/mol. The number of allylic oxidation sites excluding steroid dienone is 1. The Kier molecular flexibility index (Phi) is 10.3. The van der Waals surface area contributed by atoms with E-state index >= 15 is 0 Å². The highest BCUT2D eigenvalue weighted by atomic mass is 16.6. The summed E-state index contributed by atoms with van der Waals surface area (Å²) in [6.07, 6.45) is 5.75. The van der Waals surface area contributed by atoms with Crippen LogP contribution in [0, 0.1) is 31.6 Å². The van der Waals surface area contributed by atoms with Crippen LogP contribution in [0.1, 0.15) is 49.5 Å². The lowest BCUT2D eigenvalue weighted by molar-refractivity contribution is -0.163. The smallest absolute Gasteiger partial charge is 0.313 e. The fraction of sp³-hybridized carbons (Fsp3) is 0.487. The second-order valence-corrected chi connectivity index (χ2v) is 14.1. The van der Waals surface area contributed by atoms with E-state index in [1.54, 1.807) is 23.1 Å². The first-order valence-electron chi connectivity index (χ1n) is 17.4. The van der Waals surface area contributed by atoms with E-state index in [-0.39, 0.29) is 43.9 Å². The van der Waals surface area contributed by atoms with Crippen molar-refractivity contribution in [2.24, 2.45) is 17.8 Å². The summed E-state index contributed by atoms with van der Waals surface area (Å²) in [7, 11) is 1.51. The molecule has 0 saturated carbocycles. The van der Waals surface area contributed by atoms with Gasteiger partial charge in [0, 0.05) is 25.8 Å². The molecule has 0 bridgehead atoms. The van der Waals surface area contributed by atoms with E-state index in [9.17, 15) is 24.3 Å². The third-order valence-electron chi connectivity index (χ3n) is 10.5. The molecule has 4 aliphatic rings. The number of hydrogen-bond donors (Lipinski definition) is 2. The minimum absolute atomic E-state index is 0.0686. The van der Waals surface area contributed by atoms with E-state index < -0.39 is 59.6 Å². The van der Waals surface area contributed by atoms with Crippen LogP contribution >= 0.6 is 0 Å². The molecule has 8 atom stereocenters. The molecule has 1 spiro atoms. The highest BCUT2D eigenvalue weighted by Crippen LogP contribution is 2.54. The number of likely N-dealkylation sites (tertiary alicyclic amines) is 1. The van der Waals surface area contributed by atoms with Crippen LogP contribution in [-0.2, 0) is 33.4 Å². The first-order chi connectivity index (χ1) is 24.0. The van der Waals surface area contributed by atoms with Crippen LogP contribution in [0.2, 0.25) is 0 Å². The predicted octanol–water partition coefficient (Wildman–Crippen LogP) is 3.57. The number of amides is 3. The molecule has 0 aromatic heterocycles. The average Bonchev–Trinajstić information content (AvgIpc) is 3.47. The van der Waals surface area contributed by atoms with Crippen molar-refractivity contribution in [2.75, 3.05) is 31.8 Å². The Morgan fingerprint density at radius 3 is 2.50 bits per heavy atom. The van der Waals surface area contributed by atoms with Crippen LogP contribution < -0.4 is 10.2 Å². The molecule has 3 amide bonds. The fourth-order valence-electron chi connectivity index (χ4n) is 8.03. The number of aliphatic hydroxyl groups is 1. The van der Waals surface area contributed by atoms with Crippen LogP contribution in [0.15, 0.2) is 72.8 Å². The monoisotopic (exact) mass is 685 g/mol. The third-order valence-corrected chi connectivity index (χ3v) is 10.5. The Morgan fingerprint density at radius 1 is 1.04 bits per heavy atom. The lowest BCUT2D eigenvalue weighted by atomic mass is 9.77. The number of carbonyl (C=O) groups is 4. The molecule has 2 aromatic carbocycles. The number of nitrogens with one attached hydrogen (secondary N) is 1. The van der Waals surface area contributed by atoms with Gasteiger partial charge >= 0.3 is 5.97 Å². The molecular weight excluding hydrogens is 638 g/mol. The second kappa shape index (κ2) is 14.5. The molecule has 4 heterocycles. The summed E-state index contributed by atoms with van der Waals surface area (Å²) in [5.41, 5.74) is 1.69. The van der Waals surface area contributed by atoms with Crippen LogP contribution in [0.5, 0.6) is 0 Å². The highest BCUT2D eigenvalue weighted by Gasteiger charge is 2.73. The van der Waals surface area contributed by atoms with Gasteiger partial charge in [-0.05, 0) is 48.9 Å². The number of aliphatic hydroxyl groups excluding tert-OH is 1. The van der Waals surface area contributed by atoms with E-state index in [1.807, 2.05) is 82.3 Å². The quantitative estimate of drug-likeness (QED) is 0.334. The maximum atomic E-state index is 15.0. The summed E-state index contributed by atoms with van der Waals surface area (Å²) < 4.78 is 18.7. The molecule has 2 N–H and O–H groups in total. The number of ether oxygens (including phenoxy) is 3. The van der Waals surface area contributed by atoms with Gasteiger partial charge in [0.2, 0.25) is 11.8 Å². The molecule has 4 aliphatic heterocycles. The van der Waals surface area contributed by atoms with Gasteiger partial charge in [-0.1, -0.05) is 80.6 Å². The minimum atomic E-state index is -1.54. The Balaban J connectivity index is 1.49. The van der Waals surface area contributed by atoms with Gasteiger partial charge in [0.25, 0.3) is 5.91 Å². The number of hydrogen-bond acceptors (Lipinski definition) is 8. The number of benzene rings is 2. The molecule has 2 saturated heterocycles. The minimum Gasteiger partial charge on any atom is -0.455 e. The molecule has 0 radical (unpaired) electrons. The van der Waals surface area contributed by atoms with Gasteiger partial charge in [-0.25, -0.2) is 0 Å². The van der Waals surface area contributed by atoms with Crippen LogP contribution in [0.25, 0.3) is 0 Å². The number of rotatable bonds is 7. The summed E-state index contributed by atoms with van der Waals surface area (Å²) in [5, 5.41) is 13.7. The van der Waals surface area contributed by atoms with Crippen molar-refractivity contribution in [3.8, 4) is 0 Å². The molecule has 50 heavy (non-hydrogen) atoms. The van der Waals surface area contributed by atoms with E-state index in [4.69, 9.17) is 14.2 Å². The summed E-state index contributed by atoms with van der Waals surface area (Å²) in [5.74, 6) is -4.21.